The fraction of sp³-hybridized carbons (Fsp3) is 0.375. The number of halogens is 1. The van der Waals surface area contributed by atoms with E-state index in [0.29, 0.717) is 17.5 Å². The first-order valence-corrected chi connectivity index (χ1v) is 13.6. The van der Waals surface area contributed by atoms with E-state index in [0.717, 1.165) is 23.3 Å². The van der Waals surface area contributed by atoms with Gasteiger partial charge in [0.1, 0.15) is 23.4 Å². The predicted molar refractivity (Wildman–Crippen MR) is 157 cm³/mol. The van der Waals surface area contributed by atoms with E-state index in [9.17, 15) is 4.79 Å². The van der Waals surface area contributed by atoms with Gasteiger partial charge in [0.05, 0.1) is 12.2 Å². The van der Waals surface area contributed by atoms with Crippen LogP contribution in [0.1, 0.15) is 57.1 Å². The quantitative estimate of drug-likeness (QED) is 0.0721. The molecular weight excluding hydrogens is 524 g/mol. The topological polar surface area (TPSA) is 91.7 Å². The fourth-order valence-electron chi connectivity index (χ4n) is 4.48. The first-order chi connectivity index (χ1) is 19.0. The molecule has 7 nitrogen and oxygen atoms in total. The summed E-state index contributed by atoms with van der Waals surface area (Å²) in [6.45, 7) is 11.1. The number of hydrogen-bond donors (Lipinski definition) is 0. The maximum absolute atomic E-state index is 12.4. The lowest BCUT2D eigenvalue weighted by atomic mass is 10.1. The van der Waals surface area contributed by atoms with Crippen molar-refractivity contribution in [3.05, 3.63) is 100 Å². The van der Waals surface area contributed by atoms with Crippen molar-refractivity contribution >= 4 is 23.4 Å². The third-order valence-corrected chi connectivity index (χ3v) is 7.18. The summed E-state index contributed by atoms with van der Waals surface area (Å²) in [5, 5.41) is 8.87. The molecule has 0 radical (unpaired) electrons. The molecule has 4 rings (SSSR count). The maximum Gasteiger partial charge on any atom is 0.310 e. The minimum atomic E-state index is -0.113. The Labute approximate surface area is 242 Å². The Morgan fingerprint density at radius 3 is 2.52 bits per heavy atom. The van der Waals surface area contributed by atoms with E-state index in [-0.39, 0.29) is 29.8 Å². The van der Waals surface area contributed by atoms with Gasteiger partial charge in [-0.25, -0.2) is 4.98 Å². The van der Waals surface area contributed by atoms with Crippen LogP contribution in [0.4, 0.5) is 0 Å². The van der Waals surface area contributed by atoms with Crippen LogP contribution in [0.3, 0.4) is 0 Å². The van der Waals surface area contributed by atoms with Crippen molar-refractivity contribution in [2.24, 2.45) is 22.2 Å². The highest BCUT2D eigenvalue weighted by molar-refractivity contribution is 6.29. The van der Waals surface area contributed by atoms with Crippen LogP contribution in [0.5, 0.6) is 0 Å². The molecule has 210 valence electrons. The summed E-state index contributed by atoms with van der Waals surface area (Å²) in [7, 11) is 1.87. The zero-order valence-corrected chi connectivity index (χ0v) is 24.8. The van der Waals surface area contributed by atoms with Crippen molar-refractivity contribution in [2.75, 3.05) is 7.05 Å². The van der Waals surface area contributed by atoms with Crippen molar-refractivity contribution in [1.82, 2.24) is 9.88 Å². The Bertz CT molecular complexity index is 1370. The smallest absolute Gasteiger partial charge is 0.310 e. The van der Waals surface area contributed by atoms with Crippen LogP contribution in [0.25, 0.3) is 0 Å². The van der Waals surface area contributed by atoms with E-state index in [1.54, 1.807) is 31.6 Å². The SMILES string of the molecule is C/C(=N\C#N)N(C)Cc1ccc(Cl)nc1.CC(C)=C[C@@H]1[C@@H](C(=O)OCc2coc(Cc3ccccc3)c2)C1(C)C. The van der Waals surface area contributed by atoms with Crippen LogP contribution in [-0.4, -0.2) is 28.7 Å². The number of rotatable bonds is 8. The number of carbonyl (C=O) groups excluding carboxylic acids is 1. The summed E-state index contributed by atoms with van der Waals surface area (Å²) in [6, 6.07) is 15.8. The molecule has 0 unspecified atom stereocenters. The van der Waals surface area contributed by atoms with Gasteiger partial charge in [-0.1, -0.05) is 73.5 Å². The Kier molecular flexibility index (Phi) is 10.7. The van der Waals surface area contributed by atoms with E-state index < -0.39 is 0 Å². The van der Waals surface area contributed by atoms with Crippen molar-refractivity contribution in [2.45, 2.75) is 54.2 Å². The molecule has 0 N–H and O–H groups in total. The number of allylic oxidation sites excluding steroid dienone is 2. The summed E-state index contributed by atoms with van der Waals surface area (Å²) < 4.78 is 11.1. The molecule has 0 saturated heterocycles. The van der Waals surface area contributed by atoms with E-state index in [4.69, 9.17) is 26.0 Å². The lowest BCUT2D eigenvalue weighted by Crippen LogP contribution is -2.23. The second-order valence-electron chi connectivity index (χ2n) is 10.9. The first-order valence-electron chi connectivity index (χ1n) is 13.2. The zero-order valence-electron chi connectivity index (χ0n) is 24.0. The third kappa shape index (κ3) is 8.82. The predicted octanol–water partition coefficient (Wildman–Crippen LogP) is 7.22. The molecule has 2 aromatic heterocycles. The molecule has 2 atom stereocenters. The van der Waals surface area contributed by atoms with Crippen LogP contribution < -0.4 is 0 Å². The van der Waals surface area contributed by atoms with Gasteiger partial charge in [0.2, 0.25) is 6.19 Å². The molecule has 1 fully saturated rings. The zero-order chi connectivity index (χ0) is 29.3. The Balaban J connectivity index is 0.000000252. The molecule has 0 bridgehead atoms. The molecule has 2 heterocycles. The summed E-state index contributed by atoms with van der Waals surface area (Å²) >= 11 is 5.67. The van der Waals surface area contributed by atoms with Gasteiger partial charge in [-0.2, -0.15) is 10.3 Å². The lowest BCUT2D eigenvalue weighted by Gasteiger charge is -2.17. The van der Waals surface area contributed by atoms with E-state index in [1.165, 1.54) is 11.1 Å². The molecule has 1 saturated carbocycles. The highest BCUT2D eigenvalue weighted by Gasteiger charge is 2.61. The second-order valence-corrected chi connectivity index (χ2v) is 11.3. The van der Waals surface area contributed by atoms with Crippen molar-refractivity contribution in [1.29, 1.82) is 5.26 Å². The van der Waals surface area contributed by atoms with Crippen LogP contribution in [-0.2, 0) is 29.1 Å². The summed E-state index contributed by atoms with van der Waals surface area (Å²) in [6.07, 6.45) is 8.06. The van der Waals surface area contributed by atoms with E-state index in [1.807, 2.05) is 42.3 Å². The molecule has 1 aliphatic rings. The molecule has 0 amide bonds. The van der Waals surface area contributed by atoms with Gasteiger partial charge in [-0.3, -0.25) is 4.79 Å². The number of aliphatic imine (C=N–C) groups is 1. The number of nitrogens with zero attached hydrogens (tertiary/aromatic N) is 4. The van der Waals surface area contributed by atoms with Crippen LogP contribution in [0.15, 0.2) is 82.0 Å². The number of ether oxygens (including phenoxy) is 1. The molecule has 0 spiro atoms. The number of benzene rings is 1. The number of pyridine rings is 1. The van der Waals surface area contributed by atoms with Gasteiger partial charge < -0.3 is 14.1 Å². The fourth-order valence-corrected chi connectivity index (χ4v) is 4.59. The lowest BCUT2D eigenvalue weighted by molar-refractivity contribution is -0.147. The standard InChI is InChI=1S/C22H26O3.C10H11ClN4/c1-15(2)10-19-20(22(19,3)4)21(23)25-14-17-12-18(24-13-17)11-16-8-6-5-7-9-16;1-8(14-7-12)15(2)6-9-3-4-10(11)13-5-9/h5-10,12-13,19-20H,11,14H2,1-4H3;3-5H,6H2,1-2H3/b;14-8+/t19-,20+;/m1./s1. The molecular formula is C32H37ClN4O3. The van der Waals surface area contributed by atoms with E-state index >= 15 is 0 Å². The number of aromatic nitrogens is 1. The average Bonchev–Trinajstić information content (AvgIpc) is 3.21. The monoisotopic (exact) mass is 560 g/mol. The second kappa shape index (κ2) is 14.0. The first kappa shape index (κ1) is 30.6. The van der Waals surface area contributed by atoms with Gasteiger partial charge in [0.25, 0.3) is 0 Å². The van der Waals surface area contributed by atoms with E-state index in [2.05, 4.69) is 55.9 Å². The van der Waals surface area contributed by atoms with Crippen molar-refractivity contribution in [3.8, 4) is 6.19 Å². The van der Waals surface area contributed by atoms with Gasteiger partial charge in [-0.05, 0) is 55.4 Å². The number of nitriles is 1. The largest absolute Gasteiger partial charge is 0.469 e. The Hall–Kier alpha value is -3.89. The number of furan rings is 1. The van der Waals surface area contributed by atoms with Gasteiger partial charge >= 0.3 is 5.97 Å². The van der Waals surface area contributed by atoms with Gasteiger partial charge in [0.15, 0.2) is 0 Å². The average molecular weight is 561 g/mol. The van der Waals surface area contributed by atoms with Crippen molar-refractivity contribution < 1.29 is 13.9 Å². The van der Waals surface area contributed by atoms with Crippen LogP contribution in [0.2, 0.25) is 5.15 Å². The number of carbonyl (C=O) groups is 1. The molecule has 0 aliphatic heterocycles. The minimum absolute atomic E-state index is 0.0107. The summed E-state index contributed by atoms with van der Waals surface area (Å²) in [5.41, 5.74) is 4.35. The molecule has 1 aliphatic carbocycles. The third-order valence-electron chi connectivity index (χ3n) is 6.96. The molecule has 8 heteroatoms. The minimum Gasteiger partial charge on any atom is -0.469 e. The molecule has 3 aromatic rings. The Morgan fingerprint density at radius 2 is 1.90 bits per heavy atom. The summed E-state index contributed by atoms with van der Waals surface area (Å²) in [4.78, 5) is 21.9. The van der Waals surface area contributed by atoms with Crippen LogP contribution in [0, 0.1) is 28.7 Å². The highest BCUT2D eigenvalue weighted by atomic mass is 35.5. The molecule has 40 heavy (non-hydrogen) atoms. The summed E-state index contributed by atoms with van der Waals surface area (Å²) in [5.74, 6) is 1.68. The van der Waals surface area contributed by atoms with Crippen molar-refractivity contribution in [3.63, 3.8) is 0 Å². The number of amidine groups is 1. The number of hydrogen-bond acceptors (Lipinski definition) is 6. The molecule has 1 aromatic carbocycles. The maximum atomic E-state index is 12.4. The van der Waals surface area contributed by atoms with Gasteiger partial charge in [-0.15, -0.1) is 0 Å². The van der Waals surface area contributed by atoms with Gasteiger partial charge in [0, 0.05) is 31.8 Å². The normalized spacial score (nSPS) is 17.1. The highest BCUT2D eigenvalue weighted by Crippen LogP contribution is 2.59. The number of esters is 1. The Morgan fingerprint density at radius 1 is 1.18 bits per heavy atom. The van der Waals surface area contributed by atoms with Crippen LogP contribution >= 0.6 is 11.6 Å².